The Labute approximate surface area is 95.4 Å². The van der Waals surface area contributed by atoms with Gasteiger partial charge < -0.3 is 5.32 Å². The summed E-state index contributed by atoms with van der Waals surface area (Å²) >= 11 is 0. The topological polar surface area (TPSA) is 15.3 Å². The number of rotatable bonds is 4. The molecule has 1 saturated heterocycles. The summed E-state index contributed by atoms with van der Waals surface area (Å²) in [7, 11) is 2.30. The summed E-state index contributed by atoms with van der Waals surface area (Å²) in [4.78, 5) is 2.59. The summed E-state index contributed by atoms with van der Waals surface area (Å²) in [6.07, 6.45) is 4.96. The smallest absolute Gasteiger partial charge is 0.0326 e. The molecule has 0 radical (unpaired) electrons. The third kappa shape index (κ3) is 2.21. The third-order valence-electron chi connectivity index (χ3n) is 4.81. The number of nitrogens with one attached hydrogen (secondary N) is 1. The van der Waals surface area contributed by atoms with E-state index in [1.165, 1.54) is 32.2 Å². The van der Waals surface area contributed by atoms with Crippen LogP contribution < -0.4 is 5.32 Å². The van der Waals surface area contributed by atoms with E-state index in [0.717, 1.165) is 6.54 Å². The summed E-state index contributed by atoms with van der Waals surface area (Å²) in [6.45, 7) is 11.6. The molecule has 0 aromatic rings. The molecular weight excluding hydrogens is 184 g/mol. The third-order valence-corrected chi connectivity index (χ3v) is 4.81. The van der Waals surface area contributed by atoms with Crippen molar-refractivity contribution in [1.29, 1.82) is 0 Å². The van der Waals surface area contributed by atoms with Crippen LogP contribution in [0.2, 0.25) is 0 Å². The fourth-order valence-electron chi connectivity index (χ4n) is 2.93. The average Bonchev–Trinajstić information content (AvgIpc) is 2.29. The van der Waals surface area contributed by atoms with E-state index in [0.29, 0.717) is 11.1 Å². The van der Waals surface area contributed by atoms with Gasteiger partial charge in [-0.05, 0) is 32.7 Å². The molecule has 15 heavy (non-hydrogen) atoms. The molecule has 0 aliphatic carbocycles. The van der Waals surface area contributed by atoms with Crippen molar-refractivity contribution in [2.75, 3.05) is 20.1 Å². The van der Waals surface area contributed by atoms with Gasteiger partial charge in [-0.2, -0.15) is 0 Å². The highest BCUT2D eigenvalue weighted by atomic mass is 15.3. The molecule has 0 aromatic carbocycles. The lowest BCUT2D eigenvalue weighted by molar-refractivity contribution is 0.0159. The molecule has 1 rings (SSSR count). The Kier molecular flexibility index (Phi) is 4.19. The molecular formula is C13H28N2. The van der Waals surface area contributed by atoms with Crippen LogP contribution in [0.15, 0.2) is 0 Å². The fourth-order valence-corrected chi connectivity index (χ4v) is 2.93. The molecule has 2 heteroatoms. The molecule has 0 bridgehead atoms. The Morgan fingerprint density at radius 1 is 1.00 bits per heavy atom. The molecule has 90 valence electrons. The van der Waals surface area contributed by atoms with Gasteiger partial charge in [-0.25, -0.2) is 0 Å². The predicted molar refractivity (Wildman–Crippen MR) is 67.3 cm³/mol. The maximum atomic E-state index is 3.81. The molecule has 0 aromatic heterocycles. The molecule has 1 aliphatic rings. The highest BCUT2D eigenvalue weighted by molar-refractivity contribution is 5.02. The Bertz CT molecular complexity index is 193. The molecule has 0 atom stereocenters. The molecule has 1 aliphatic heterocycles. The molecule has 0 spiro atoms. The highest BCUT2D eigenvalue weighted by Gasteiger charge is 2.42. The second-order valence-electron chi connectivity index (χ2n) is 5.13. The fraction of sp³-hybridized carbons (Fsp3) is 1.00. The largest absolute Gasteiger partial charge is 0.308 e. The number of likely N-dealkylation sites (N-methyl/N-ethyl adjacent to an activating group) is 1. The quantitative estimate of drug-likeness (QED) is 0.770. The van der Waals surface area contributed by atoms with Crippen molar-refractivity contribution in [2.45, 2.75) is 64.5 Å². The van der Waals surface area contributed by atoms with E-state index in [9.17, 15) is 0 Å². The maximum Gasteiger partial charge on any atom is 0.0326 e. The Balaban J connectivity index is 2.76. The van der Waals surface area contributed by atoms with Gasteiger partial charge in [0.1, 0.15) is 0 Å². The van der Waals surface area contributed by atoms with E-state index in [2.05, 4.69) is 45.0 Å². The van der Waals surface area contributed by atoms with Gasteiger partial charge in [0.15, 0.2) is 0 Å². The molecule has 1 heterocycles. The second kappa shape index (κ2) is 4.84. The minimum Gasteiger partial charge on any atom is -0.308 e. The Morgan fingerprint density at radius 2 is 1.53 bits per heavy atom. The first-order valence-corrected chi connectivity index (χ1v) is 6.54. The summed E-state index contributed by atoms with van der Waals surface area (Å²) in [6, 6.07) is 0. The summed E-state index contributed by atoms with van der Waals surface area (Å²) in [5.41, 5.74) is 0.760. The van der Waals surface area contributed by atoms with E-state index < -0.39 is 0 Å². The lowest BCUT2D eigenvalue weighted by Crippen LogP contribution is -2.68. The van der Waals surface area contributed by atoms with Gasteiger partial charge in [0.05, 0.1) is 0 Å². The first kappa shape index (κ1) is 13.0. The number of hydrogen-bond acceptors (Lipinski definition) is 2. The van der Waals surface area contributed by atoms with E-state index in [4.69, 9.17) is 0 Å². The standard InChI is InChI=1S/C13H28N2/c1-6-12(7-2)11-15(5)13(8-3,9-4)10-14-12/h14H,6-11H2,1-5H3. The van der Waals surface area contributed by atoms with Crippen molar-refractivity contribution in [1.82, 2.24) is 10.2 Å². The van der Waals surface area contributed by atoms with Crippen molar-refractivity contribution < 1.29 is 0 Å². The Hall–Kier alpha value is -0.0800. The number of hydrogen-bond donors (Lipinski definition) is 1. The van der Waals surface area contributed by atoms with E-state index >= 15 is 0 Å². The second-order valence-corrected chi connectivity index (χ2v) is 5.13. The van der Waals surface area contributed by atoms with Crippen LogP contribution in [0.3, 0.4) is 0 Å². The molecule has 1 fully saturated rings. The van der Waals surface area contributed by atoms with Crippen LogP contribution in [0, 0.1) is 0 Å². The van der Waals surface area contributed by atoms with Crippen LogP contribution in [0.25, 0.3) is 0 Å². The van der Waals surface area contributed by atoms with Crippen LogP contribution in [-0.2, 0) is 0 Å². The van der Waals surface area contributed by atoms with Gasteiger partial charge in [0.25, 0.3) is 0 Å². The van der Waals surface area contributed by atoms with Crippen LogP contribution in [0.1, 0.15) is 53.4 Å². The lowest BCUT2D eigenvalue weighted by atomic mass is 9.81. The van der Waals surface area contributed by atoms with E-state index in [-0.39, 0.29) is 0 Å². The van der Waals surface area contributed by atoms with Crippen molar-refractivity contribution in [3.63, 3.8) is 0 Å². The highest BCUT2D eigenvalue weighted by Crippen LogP contribution is 2.31. The predicted octanol–water partition coefficient (Wildman–Crippen LogP) is 2.64. The van der Waals surface area contributed by atoms with Crippen molar-refractivity contribution in [2.24, 2.45) is 0 Å². The van der Waals surface area contributed by atoms with Gasteiger partial charge in [-0.3, -0.25) is 4.90 Å². The summed E-state index contributed by atoms with van der Waals surface area (Å²) in [5.74, 6) is 0. The van der Waals surface area contributed by atoms with Crippen molar-refractivity contribution in [3.8, 4) is 0 Å². The average molecular weight is 212 g/mol. The van der Waals surface area contributed by atoms with Gasteiger partial charge in [-0.1, -0.05) is 27.7 Å². The molecule has 2 nitrogen and oxygen atoms in total. The van der Waals surface area contributed by atoms with Gasteiger partial charge in [0.2, 0.25) is 0 Å². The molecule has 0 unspecified atom stereocenters. The van der Waals surface area contributed by atoms with Gasteiger partial charge in [-0.15, -0.1) is 0 Å². The first-order chi connectivity index (χ1) is 7.08. The molecule has 0 amide bonds. The number of nitrogens with zero attached hydrogens (tertiary/aromatic N) is 1. The van der Waals surface area contributed by atoms with Crippen molar-refractivity contribution in [3.05, 3.63) is 0 Å². The van der Waals surface area contributed by atoms with E-state index in [1.807, 2.05) is 0 Å². The van der Waals surface area contributed by atoms with Crippen molar-refractivity contribution >= 4 is 0 Å². The minimum atomic E-state index is 0.364. The number of piperazine rings is 1. The summed E-state index contributed by atoms with van der Waals surface area (Å²) in [5, 5.41) is 3.81. The maximum absolute atomic E-state index is 3.81. The lowest BCUT2D eigenvalue weighted by Gasteiger charge is -2.53. The zero-order valence-corrected chi connectivity index (χ0v) is 11.2. The zero-order valence-electron chi connectivity index (χ0n) is 11.2. The monoisotopic (exact) mass is 212 g/mol. The van der Waals surface area contributed by atoms with Crippen LogP contribution in [0.5, 0.6) is 0 Å². The molecule has 0 saturated carbocycles. The zero-order chi connectivity index (χ0) is 11.5. The van der Waals surface area contributed by atoms with Crippen LogP contribution in [0.4, 0.5) is 0 Å². The summed E-state index contributed by atoms with van der Waals surface area (Å²) < 4.78 is 0. The first-order valence-electron chi connectivity index (χ1n) is 6.54. The Morgan fingerprint density at radius 3 is 1.87 bits per heavy atom. The van der Waals surface area contributed by atoms with Gasteiger partial charge >= 0.3 is 0 Å². The normalized spacial score (nSPS) is 25.4. The van der Waals surface area contributed by atoms with Gasteiger partial charge in [0, 0.05) is 24.2 Å². The van der Waals surface area contributed by atoms with E-state index in [1.54, 1.807) is 0 Å². The van der Waals surface area contributed by atoms with Crippen LogP contribution >= 0.6 is 0 Å². The SMILES string of the molecule is CCC1(CC)CN(C)C(CC)(CC)CN1. The minimum absolute atomic E-state index is 0.364. The molecule has 1 N–H and O–H groups in total. The van der Waals surface area contributed by atoms with Crippen LogP contribution in [-0.4, -0.2) is 36.1 Å².